The number of nitrogens with zero attached hydrogens (tertiary/aromatic N) is 1. The van der Waals surface area contributed by atoms with Gasteiger partial charge in [0, 0.05) is 35.5 Å². The molecule has 0 aromatic carbocycles. The molecule has 2 rings (SSSR count). The first-order chi connectivity index (χ1) is 9.20. The Morgan fingerprint density at radius 2 is 2.40 bits per heavy atom. The van der Waals surface area contributed by atoms with Crippen molar-refractivity contribution in [3.05, 3.63) is 20.8 Å². The van der Waals surface area contributed by atoms with Crippen LogP contribution in [0.15, 0.2) is 15.9 Å². The van der Waals surface area contributed by atoms with E-state index in [2.05, 4.69) is 37.6 Å². The van der Waals surface area contributed by atoms with Crippen LogP contribution in [0.1, 0.15) is 17.7 Å². The number of hydrogen-bond donors (Lipinski definition) is 2. The third kappa shape index (κ3) is 5.00. The van der Waals surface area contributed by atoms with Gasteiger partial charge in [0.25, 0.3) is 0 Å². The van der Waals surface area contributed by atoms with E-state index in [0.717, 1.165) is 32.5 Å². The number of carbonyl (C=O) groups excluding carboxylic acids is 1. The van der Waals surface area contributed by atoms with Gasteiger partial charge in [0.05, 0.1) is 5.92 Å². The predicted molar refractivity (Wildman–Crippen MR) is 89.3 cm³/mol. The Kier molecular flexibility index (Phi) is 8.06. The molecule has 1 aliphatic heterocycles. The molecule has 0 radical (unpaired) electrons. The van der Waals surface area contributed by atoms with Crippen molar-refractivity contribution in [1.29, 1.82) is 0 Å². The van der Waals surface area contributed by atoms with E-state index >= 15 is 0 Å². The molecule has 2 heterocycles. The summed E-state index contributed by atoms with van der Waals surface area (Å²) in [7, 11) is 0. The van der Waals surface area contributed by atoms with Crippen LogP contribution in [0.2, 0.25) is 0 Å². The summed E-state index contributed by atoms with van der Waals surface area (Å²) >= 11 is 5.32. The summed E-state index contributed by atoms with van der Waals surface area (Å²) in [5, 5.41) is 4.99. The zero-order valence-corrected chi connectivity index (χ0v) is 14.5. The second-order valence-corrected chi connectivity index (χ2v) is 6.70. The maximum Gasteiger partial charge on any atom is 0.224 e. The summed E-state index contributed by atoms with van der Waals surface area (Å²) in [4.78, 5) is 15.7. The molecule has 1 aromatic heterocycles. The fraction of sp³-hybridized carbons (Fsp3) is 0.615. The highest BCUT2D eigenvalue weighted by Crippen LogP contribution is 2.26. The fourth-order valence-electron chi connectivity index (χ4n) is 2.39. The average Bonchev–Trinajstić information content (AvgIpc) is 2.82. The summed E-state index contributed by atoms with van der Waals surface area (Å²) in [5.74, 6) is 0.263. The van der Waals surface area contributed by atoms with Crippen LogP contribution in [0.3, 0.4) is 0 Å². The molecule has 7 heteroatoms. The first-order valence-corrected chi connectivity index (χ1v) is 8.30. The second-order valence-electron chi connectivity index (χ2n) is 4.85. The monoisotopic (exact) mass is 381 g/mol. The molecular formula is C13H21BrClN3OS. The Hall–Kier alpha value is -0.140. The molecule has 1 atom stereocenters. The van der Waals surface area contributed by atoms with E-state index in [1.54, 1.807) is 11.3 Å². The Balaban J connectivity index is 0.00000200. The van der Waals surface area contributed by atoms with Gasteiger partial charge in [-0.25, -0.2) is 0 Å². The molecule has 1 fully saturated rings. The largest absolute Gasteiger partial charge is 0.355 e. The van der Waals surface area contributed by atoms with Crippen molar-refractivity contribution in [3.63, 3.8) is 0 Å². The highest BCUT2D eigenvalue weighted by atomic mass is 79.9. The van der Waals surface area contributed by atoms with Crippen molar-refractivity contribution in [2.24, 2.45) is 11.7 Å². The zero-order valence-electron chi connectivity index (χ0n) is 11.3. The average molecular weight is 383 g/mol. The molecule has 4 nitrogen and oxygen atoms in total. The Morgan fingerprint density at radius 1 is 1.60 bits per heavy atom. The Bertz CT molecular complexity index is 430. The first-order valence-electron chi connectivity index (χ1n) is 6.62. The number of nitrogens with one attached hydrogen (secondary N) is 1. The lowest BCUT2D eigenvalue weighted by Crippen LogP contribution is -2.43. The number of piperidine rings is 1. The molecule has 114 valence electrons. The molecule has 0 aliphatic carbocycles. The van der Waals surface area contributed by atoms with E-state index in [0.29, 0.717) is 13.1 Å². The van der Waals surface area contributed by atoms with Crippen molar-refractivity contribution >= 4 is 45.6 Å². The number of hydrogen-bond acceptors (Lipinski definition) is 4. The fourth-order valence-corrected chi connectivity index (χ4v) is 3.91. The van der Waals surface area contributed by atoms with Crippen molar-refractivity contribution < 1.29 is 4.79 Å². The van der Waals surface area contributed by atoms with Gasteiger partial charge in [0.15, 0.2) is 0 Å². The summed E-state index contributed by atoms with van der Waals surface area (Å²) in [6.07, 6.45) is 2.07. The number of likely N-dealkylation sites (tertiary alicyclic amines) is 1. The van der Waals surface area contributed by atoms with Crippen LogP contribution in [0.4, 0.5) is 0 Å². The standard InChI is InChI=1S/C13H20BrN3OS.ClH/c14-11-3-7-19-12(11)9-17-6-1-2-10(8-17)13(18)16-5-4-15;/h3,7,10H,1-2,4-6,8-9,15H2,(H,16,18);1H. The number of thiophene rings is 1. The van der Waals surface area contributed by atoms with E-state index in [-0.39, 0.29) is 24.2 Å². The maximum atomic E-state index is 12.0. The van der Waals surface area contributed by atoms with Crippen LogP contribution in [0.5, 0.6) is 0 Å². The highest BCUT2D eigenvalue weighted by molar-refractivity contribution is 9.10. The minimum atomic E-state index is 0. The van der Waals surface area contributed by atoms with Crippen molar-refractivity contribution in [1.82, 2.24) is 10.2 Å². The second kappa shape index (κ2) is 9.00. The smallest absolute Gasteiger partial charge is 0.224 e. The van der Waals surface area contributed by atoms with Gasteiger partial charge in [0.2, 0.25) is 5.91 Å². The molecule has 20 heavy (non-hydrogen) atoms. The van der Waals surface area contributed by atoms with Gasteiger partial charge in [-0.15, -0.1) is 23.7 Å². The van der Waals surface area contributed by atoms with E-state index in [9.17, 15) is 4.79 Å². The lowest BCUT2D eigenvalue weighted by atomic mass is 9.97. The first kappa shape index (κ1) is 17.9. The zero-order chi connectivity index (χ0) is 13.7. The third-order valence-corrected chi connectivity index (χ3v) is 5.29. The molecule has 1 saturated heterocycles. The minimum absolute atomic E-state index is 0. The van der Waals surface area contributed by atoms with Crippen LogP contribution in [-0.4, -0.2) is 37.0 Å². The number of amides is 1. The molecule has 1 aliphatic rings. The quantitative estimate of drug-likeness (QED) is 0.821. The molecule has 1 aromatic rings. The van der Waals surface area contributed by atoms with Crippen LogP contribution in [0.25, 0.3) is 0 Å². The lowest BCUT2D eigenvalue weighted by Gasteiger charge is -2.31. The van der Waals surface area contributed by atoms with Gasteiger partial charge in [-0.05, 0) is 46.8 Å². The normalized spacial score (nSPS) is 19.4. The van der Waals surface area contributed by atoms with Crippen LogP contribution in [0, 0.1) is 5.92 Å². The summed E-state index contributed by atoms with van der Waals surface area (Å²) in [5.41, 5.74) is 5.41. The number of nitrogens with two attached hydrogens (primary N) is 1. The summed E-state index contributed by atoms with van der Waals surface area (Å²) in [6.45, 7) is 3.93. The summed E-state index contributed by atoms with van der Waals surface area (Å²) in [6, 6.07) is 2.08. The molecular weight excluding hydrogens is 362 g/mol. The van der Waals surface area contributed by atoms with Gasteiger partial charge in [0.1, 0.15) is 0 Å². The molecule has 1 amide bonds. The molecule has 3 N–H and O–H groups in total. The molecule has 0 bridgehead atoms. The number of halogens is 2. The van der Waals surface area contributed by atoms with E-state index in [1.807, 2.05) is 0 Å². The minimum Gasteiger partial charge on any atom is -0.355 e. The third-order valence-electron chi connectivity index (χ3n) is 3.38. The Morgan fingerprint density at radius 3 is 3.05 bits per heavy atom. The molecule has 1 unspecified atom stereocenters. The Labute approximate surface area is 138 Å². The molecule has 0 spiro atoms. The van der Waals surface area contributed by atoms with Crippen molar-refractivity contribution in [2.75, 3.05) is 26.2 Å². The molecule has 0 saturated carbocycles. The van der Waals surface area contributed by atoms with Crippen LogP contribution < -0.4 is 11.1 Å². The van der Waals surface area contributed by atoms with Crippen LogP contribution in [-0.2, 0) is 11.3 Å². The van der Waals surface area contributed by atoms with Gasteiger partial charge in [-0.1, -0.05) is 0 Å². The van der Waals surface area contributed by atoms with Crippen molar-refractivity contribution in [3.8, 4) is 0 Å². The van der Waals surface area contributed by atoms with Crippen LogP contribution >= 0.6 is 39.7 Å². The maximum absolute atomic E-state index is 12.0. The van der Waals surface area contributed by atoms with Gasteiger partial charge in [-0.3, -0.25) is 9.69 Å². The number of carbonyl (C=O) groups is 1. The van der Waals surface area contributed by atoms with Gasteiger partial charge < -0.3 is 11.1 Å². The predicted octanol–water partition coefficient (Wildman–Crippen LogP) is 2.22. The van der Waals surface area contributed by atoms with E-state index < -0.39 is 0 Å². The van der Waals surface area contributed by atoms with E-state index in [4.69, 9.17) is 5.73 Å². The van der Waals surface area contributed by atoms with Crippen molar-refractivity contribution in [2.45, 2.75) is 19.4 Å². The topological polar surface area (TPSA) is 58.4 Å². The SMILES string of the molecule is Cl.NCCNC(=O)C1CCCN(Cc2sccc2Br)C1. The highest BCUT2D eigenvalue weighted by Gasteiger charge is 2.25. The number of rotatable bonds is 5. The lowest BCUT2D eigenvalue weighted by molar-refractivity contribution is -0.126. The van der Waals surface area contributed by atoms with Gasteiger partial charge in [-0.2, -0.15) is 0 Å². The van der Waals surface area contributed by atoms with Gasteiger partial charge >= 0.3 is 0 Å². The summed E-state index contributed by atoms with van der Waals surface area (Å²) < 4.78 is 1.17. The van der Waals surface area contributed by atoms with E-state index in [1.165, 1.54) is 9.35 Å².